The van der Waals surface area contributed by atoms with Crippen LogP contribution < -0.4 is 0 Å². The summed E-state index contributed by atoms with van der Waals surface area (Å²) in [6, 6.07) is 12.0. The van der Waals surface area contributed by atoms with Crippen molar-refractivity contribution in [1.29, 1.82) is 0 Å². The molecule has 0 bridgehead atoms. The molecule has 8 heteroatoms. The van der Waals surface area contributed by atoms with Crippen LogP contribution in [-0.2, 0) is 25.8 Å². The molecule has 0 saturated heterocycles. The second-order valence-corrected chi connectivity index (χ2v) is 7.57. The fourth-order valence-electron chi connectivity index (χ4n) is 2.39. The predicted octanol–water partition coefficient (Wildman–Crippen LogP) is 2.46. The zero-order valence-electron chi connectivity index (χ0n) is 13.7. The van der Waals surface area contributed by atoms with E-state index < -0.39 is 36.6 Å². The number of nitrogens with zero attached hydrogens (tertiary/aromatic N) is 1. The van der Waals surface area contributed by atoms with Crippen LogP contribution in [0.15, 0.2) is 53.4 Å². The minimum Gasteiger partial charge on any atom is -0.468 e. The van der Waals surface area contributed by atoms with E-state index in [1.165, 1.54) is 12.1 Å². The highest BCUT2D eigenvalue weighted by molar-refractivity contribution is 7.93. The Balaban J connectivity index is 2.51. The molecule has 0 amide bonds. The number of methoxy groups -OCH3 is 1. The highest BCUT2D eigenvalue weighted by atomic mass is 32.2. The highest BCUT2D eigenvalue weighted by Gasteiger charge is 2.39. The summed E-state index contributed by atoms with van der Waals surface area (Å²) in [5.74, 6) is -0.960. The van der Waals surface area contributed by atoms with Crippen molar-refractivity contribution >= 4 is 21.5 Å². The molecule has 0 unspecified atom stereocenters. The molecule has 0 N–H and O–H groups in total. The Morgan fingerprint density at radius 1 is 1.16 bits per heavy atom. The predicted molar refractivity (Wildman–Crippen MR) is 91.0 cm³/mol. The number of rotatable bonds is 6. The number of hydrogen-bond donors (Lipinski definition) is 0. The molecule has 0 fully saturated rings. The molecule has 7 nitrogen and oxygen atoms in total. The lowest BCUT2D eigenvalue weighted by Crippen LogP contribution is -2.34. The van der Waals surface area contributed by atoms with Crippen molar-refractivity contribution in [1.82, 2.24) is 0 Å². The summed E-state index contributed by atoms with van der Waals surface area (Å²) in [5, 5.41) is 9.58. The third-order valence-electron chi connectivity index (χ3n) is 3.75. The molecule has 0 heterocycles. The fourth-order valence-corrected chi connectivity index (χ4v) is 4.16. The van der Waals surface area contributed by atoms with Crippen molar-refractivity contribution in [2.45, 2.75) is 23.5 Å². The second-order valence-electron chi connectivity index (χ2n) is 5.47. The molecule has 0 aliphatic carbocycles. The summed E-state index contributed by atoms with van der Waals surface area (Å²) in [4.78, 5) is 22.0. The van der Waals surface area contributed by atoms with Crippen LogP contribution in [0, 0.1) is 17.0 Å². The Kier molecular flexibility index (Phi) is 5.53. The van der Waals surface area contributed by atoms with Gasteiger partial charge in [-0.25, -0.2) is 8.42 Å². The van der Waals surface area contributed by atoms with Crippen LogP contribution in [0.1, 0.15) is 11.1 Å². The monoisotopic (exact) mass is 363 g/mol. The van der Waals surface area contributed by atoms with Gasteiger partial charge >= 0.3 is 5.97 Å². The van der Waals surface area contributed by atoms with Crippen LogP contribution >= 0.6 is 0 Å². The Morgan fingerprint density at radius 3 is 2.32 bits per heavy atom. The third kappa shape index (κ3) is 4.03. The van der Waals surface area contributed by atoms with Crippen molar-refractivity contribution in [2.75, 3.05) is 7.11 Å². The van der Waals surface area contributed by atoms with Crippen LogP contribution in [0.4, 0.5) is 5.69 Å². The summed E-state index contributed by atoms with van der Waals surface area (Å²) in [5.41, 5.74) is 1.03. The summed E-state index contributed by atoms with van der Waals surface area (Å²) < 4.78 is 30.5. The maximum atomic E-state index is 12.9. The van der Waals surface area contributed by atoms with E-state index in [4.69, 9.17) is 0 Å². The van der Waals surface area contributed by atoms with Crippen LogP contribution in [0.25, 0.3) is 0 Å². The molecule has 132 valence electrons. The van der Waals surface area contributed by atoms with Crippen molar-refractivity contribution in [2.24, 2.45) is 0 Å². The number of sulfone groups is 1. The summed E-state index contributed by atoms with van der Waals surface area (Å²) in [7, 11) is -3.23. The maximum Gasteiger partial charge on any atom is 0.324 e. The largest absolute Gasteiger partial charge is 0.468 e. The lowest BCUT2D eigenvalue weighted by Gasteiger charge is -2.16. The first-order chi connectivity index (χ1) is 11.8. The third-order valence-corrected chi connectivity index (χ3v) is 5.82. The number of carbonyl (C=O) groups excluding carboxylic acids is 1. The van der Waals surface area contributed by atoms with E-state index >= 15 is 0 Å². The van der Waals surface area contributed by atoms with Crippen LogP contribution in [0.5, 0.6) is 0 Å². The van der Waals surface area contributed by atoms with Gasteiger partial charge in [0.15, 0.2) is 15.1 Å². The maximum absolute atomic E-state index is 12.9. The molecular weight excluding hydrogens is 346 g/mol. The quantitative estimate of drug-likeness (QED) is 0.444. The van der Waals surface area contributed by atoms with Gasteiger partial charge in [0.25, 0.3) is 5.69 Å². The number of nitro benzene ring substituents is 1. The second kappa shape index (κ2) is 7.43. The normalized spacial score (nSPS) is 12.4. The summed E-state index contributed by atoms with van der Waals surface area (Å²) in [6.07, 6.45) is -0.138. The Bertz CT molecular complexity index is 890. The number of benzene rings is 2. The molecule has 0 aliphatic rings. The number of aryl methyl sites for hydroxylation is 1. The SMILES string of the molecule is COC(=O)[C@@H](Cc1ccc(C)cc1)S(=O)(=O)c1ccccc1[N+](=O)[O-]. The molecule has 2 aromatic carbocycles. The number of para-hydroxylation sites is 1. The molecule has 2 rings (SSSR count). The zero-order valence-corrected chi connectivity index (χ0v) is 14.5. The first-order valence-corrected chi connectivity index (χ1v) is 8.92. The highest BCUT2D eigenvalue weighted by Crippen LogP contribution is 2.28. The molecule has 0 saturated carbocycles. The number of hydrogen-bond acceptors (Lipinski definition) is 6. The molecule has 1 atom stereocenters. The van der Waals surface area contributed by atoms with E-state index in [1.807, 2.05) is 6.92 Å². The molecule has 25 heavy (non-hydrogen) atoms. The molecule has 0 aromatic heterocycles. The van der Waals surface area contributed by atoms with Crippen LogP contribution in [0.2, 0.25) is 0 Å². The van der Waals surface area contributed by atoms with Crippen molar-refractivity contribution in [3.8, 4) is 0 Å². The van der Waals surface area contributed by atoms with E-state index in [9.17, 15) is 23.3 Å². The molecule has 0 aliphatic heterocycles. The van der Waals surface area contributed by atoms with E-state index in [2.05, 4.69) is 4.74 Å². The number of carbonyl (C=O) groups is 1. The first-order valence-electron chi connectivity index (χ1n) is 7.38. The van der Waals surface area contributed by atoms with Gasteiger partial charge in [0.2, 0.25) is 0 Å². The van der Waals surface area contributed by atoms with E-state index in [-0.39, 0.29) is 6.42 Å². The topological polar surface area (TPSA) is 104 Å². The van der Waals surface area contributed by atoms with Gasteiger partial charge in [-0.3, -0.25) is 14.9 Å². The lowest BCUT2D eigenvalue weighted by molar-refractivity contribution is -0.387. The minimum absolute atomic E-state index is 0.138. The van der Waals surface area contributed by atoms with Crippen molar-refractivity contribution in [3.63, 3.8) is 0 Å². The minimum atomic E-state index is -4.31. The zero-order chi connectivity index (χ0) is 18.6. The molecule has 0 spiro atoms. The lowest BCUT2D eigenvalue weighted by atomic mass is 10.1. The average Bonchev–Trinajstić information content (AvgIpc) is 2.60. The van der Waals surface area contributed by atoms with Gasteiger partial charge in [0.1, 0.15) is 4.90 Å². The van der Waals surface area contributed by atoms with E-state index in [1.54, 1.807) is 24.3 Å². The van der Waals surface area contributed by atoms with Crippen LogP contribution in [-0.4, -0.2) is 31.7 Å². The standard InChI is InChI=1S/C17H17NO6S/c1-12-7-9-13(10-8-12)11-16(17(19)24-2)25(22,23)15-6-4-3-5-14(15)18(20)21/h3-10,16H,11H2,1-2H3/t16-/m1/s1. The van der Waals surface area contributed by atoms with Gasteiger partial charge in [-0.15, -0.1) is 0 Å². The van der Waals surface area contributed by atoms with Crippen molar-refractivity contribution < 1.29 is 22.9 Å². The smallest absolute Gasteiger partial charge is 0.324 e. The van der Waals surface area contributed by atoms with Gasteiger partial charge < -0.3 is 4.74 Å². The average molecular weight is 363 g/mol. The van der Waals surface area contributed by atoms with Gasteiger partial charge in [0.05, 0.1) is 12.0 Å². The summed E-state index contributed by atoms with van der Waals surface area (Å²) in [6.45, 7) is 1.88. The van der Waals surface area contributed by atoms with E-state index in [0.717, 1.165) is 24.8 Å². The number of ether oxygens (including phenoxy) is 1. The van der Waals surface area contributed by atoms with E-state index in [0.29, 0.717) is 5.56 Å². The van der Waals surface area contributed by atoms with Crippen LogP contribution in [0.3, 0.4) is 0 Å². The summed E-state index contributed by atoms with van der Waals surface area (Å²) >= 11 is 0. The van der Waals surface area contributed by atoms with Gasteiger partial charge in [-0.1, -0.05) is 42.0 Å². The number of esters is 1. The molecule has 0 radical (unpaired) electrons. The molecular formula is C17H17NO6S. The molecule has 2 aromatic rings. The Morgan fingerprint density at radius 2 is 1.76 bits per heavy atom. The Hall–Kier alpha value is -2.74. The van der Waals surface area contributed by atoms with Gasteiger partial charge in [-0.05, 0) is 18.6 Å². The van der Waals surface area contributed by atoms with Gasteiger partial charge in [-0.2, -0.15) is 0 Å². The fraction of sp³-hybridized carbons (Fsp3) is 0.235. The number of nitro groups is 1. The van der Waals surface area contributed by atoms with Gasteiger partial charge in [0, 0.05) is 12.5 Å². The first kappa shape index (κ1) is 18.6. The Labute approximate surface area is 145 Å². The van der Waals surface area contributed by atoms with Crippen molar-refractivity contribution in [3.05, 3.63) is 69.8 Å².